The van der Waals surface area contributed by atoms with E-state index in [-0.39, 0.29) is 10.7 Å². The molecule has 0 spiro atoms. The van der Waals surface area contributed by atoms with E-state index in [0.29, 0.717) is 20.7 Å². The summed E-state index contributed by atoms with van der Waals surface area (Å²) in [6, 6.07) is 10.5. The van der Waals surface area contributed by atoms with Gasteiger partial charge in [-0.05, 0) is 53.2 Å². The molecule has 0 radical (unpaired) electrons. The van der Waals surface area contributed by atoms with Crippen molar-refractivity contribution in [3.8, 4) is 0 Å². The van der Waals surface area contributed by atoms with Crippen molar-refractivity contribution in [3.63, 3.8) is 0 Å². The maximum atomic E-state index is 12.3. The van der Waals surface area contributed by atoms with Crippen molar-refractivity contribution in [2.24, 2.45) is 0 Å². The molecule has 4 nitrogen and oxygen atoms in total. The molecule has 0 heterocycles. The van der Waals surface area contributed by atoms with E-state index in [9.17, 15) is 13.2 Å². The van der Waals surface area contributed by atoms with Crippen LogP contribution in [0.5, 0.6) is 0 Å². The van der Waals surface area contributed by atoms with Gasteiger partial charge in [-0.2, -0.15) is 0 Å². The molecule has 0 saturated heterocycles. The number of halogens is 2. The number of anilines is 1. The Labute approximate surface area is 136 Å². The lowest BCUT2D eigenvalue weighted by Crippen LogP contribution is -2.13. The van der Waals surface area contributed by atoms with E-state index in [4.69, 9.17) is 11.6 Å². The third-order valence-corrected chi connectivity index (χ3v) is 5.02. The second-order valence-electron chi connectivity index (χ2n) is 4.31. The molecule has 2 rings (SSSR count). The van der Waals surface area contributed by atoms with Crippen LogP contribution in [-0.2, 0) is 10.0 Å². The minimum atomic E-state index is -3.73. The standard InChI is InChI=1S/C14H11BrClNO3S/c1-9(18)10-2-5-12(6-3-10)21(19,20)17-14-7-4-11(16)8-13(14)15/h2-8,17H,1H3. The highest BCUT2D eigenvalue weighted by atomic mass is 79.9. The van der Waals surface area contributed by atoms with Gasteiger partial charge in [-0.1, -0.05) is 23.7 Å². The van der Waals surface area contributed by atoms with Crippen molar-refractivity contribution in [2.45, 2.75) is 11.8 Å². The summed E-state index contributed by atoms with van der Waals surface area (Å²) in [7, 11) is -3.73. The summed E-state index contributed by atoms with van der Waals surface area (Å²) in [6.45, 7) is 1.42. The molecule has 7 heteroatoms. The number of carbonyl (C=O) groups is 1. The Hall–Kier alpha value is -1.37. The number of carbonyl (C=O) groups excluding carboxylic acids is 1. The van der Waals surface area contributed by atoms with Crippen LogP contribution in [0.25, 0.3) is 0 Å². The van der Waals surface area contributed by atoms with E-state index in [1.165, 1.54) is 31.2 Å². The van der Waals surface area contributed by atoms with Gasteiger partial charge in [0, 0.05) is 15.1 Å². The first kappa shape index (κ1) is 16.0. The molecule has 0 fully saturated rings. The molecule has 2 aromatic carbocycles. The van der Waals surface area contributed by atoms with Gasteiger partial charge in [0.25, 0.3) is 10.0 Å². The van der Waals surface area contributed by atoms with E-state index < -0.39 is 10.0 Å². The molecule has 0 bridgehead atoms. The van der Waals surface area contributed by atoms with Gasteiger partial charge in [-0.3, -0.25) is 9.52 Å². The van der Waals surface area contributed by atoms with Crippen LogP contribution >= 0.6 is 27.5 Å². The second kappa shape index (κ2) is 6.17. The van der Waals surface area contributed by atoms with Crippen LogP contribution in [0, 0.1) is 0 Å². The van der Waals surface area contributed by atoms with Crippen LogP contribution in [0.1, 0.15) is 17.3 Å². The van der Waals surface area contributed by atoms with Gasteiger partial charge in [0.05, 0.1) is 10.6 Å². The maximum absolute atomic E-state index is 12.3. The van der Waals surface area contributed by atoms with Gasteiger partial charge in [0.1, 0.15) is 0 Å². The Bertz CT molecular complexity index is 788. The predicted molar refractivity (Wildman–Crippen MR) is 86.4 cm³/mol. The number of rotatable bonds is 4. The second-order valence-corrected chi connectivity index (χ2v) is 7.28. The Kier molecular flexibility index (Phi) is 4.70. The Morgan fingerprint density at radius 3 is 2.29 bits per heavy atom. The van der Waals surface area contributed by atoms with Gasteiger partial charge >= 0.3 is 0 Å². The molecule has 0 unspecified atom stereocenters. The average Bonchev–Trinajstić information content (AvgIpc) is 2.42. The van der Waals surface area contributed by atoms with Gasteiger partial charge in [0.2, 0.25) is 0 Å². The highest BCUT2D eigenvalue weighted by Gasteiger charge is 2.16. The molecule has 0 atom stereocenters. The first-order valence-corrected chi connectivity index (χ1v) is 8.54. The molecule has 0 aliphatic rings. The van der Waals surface area contributed by atoms with Gasteiger partial charge < -0.3 is 0 Å². The Balaban J connectivity index is 2.31. The molecule has 21 heavy (non-hydrogen) atoms. The van der Waals surface area contributed by atoms with Crippen molar-refractivity contribution in [3.05, 3.63) is 57.5 Å². The van der Waals surface area contributed by atoms with Gasteiger partial charge in [0.15, 0.2) is 5.78 Å². The number of nitrogens with one attached hydrogen (secondary N) is 1. The molecule has 0 aliphatic carbocycles. The van der Waals surface area contributed by atoms with Crippen LogP contribution in [0.2, 0.25) is 5.02 Å². The smallest absolute Gasteiger partial charge is 0.261 e. The number of ketones is 1. The molecule has 2 aromatic rings. The first-order valence-electron chi connectivity index (χ1n) is 5.88. The normalized spacial score (nSPS) is 11.2. The molecule has 0 amide bonds. The van der Waals surface area contributed by atoms with E-state index >= 15 is 0 Å². The van der Waals surface area contributed by atoms with Crippen LogP contribution in [0.15, 0.2) is 51.8 Å². The van der Waals surface area contributed by atoms with E-state index in [0.717, 1.165) is 0 Å². The molecule has 0 saturated carbocycles. The van der Waals surface area contributed by atoms with E-state index in [1.54, 1.807) is 18.2 Å². The summed E-state index contributed by atoms with van der Waals surface area (Å²) in [5.41, 5.74) is 0.844. The van der Waals surface area contributed by atoms with Gasteiger partial charge in [-0.25, -0.2) is 8.42 Å². The van der Waals surface area contributed by atoms with Crippen LogP contribution in [0.3, 0.4) is 0 Å². The average molecular weight is 389 g/mol. The number of benzene rings is 2. The Morgan fingerprint density at radius 2 is 1.76 bits per heavy atom. The highest BCUT2D eigenvalue weighted by Crippen LogP contribution is 2.28. The fourth-order valence-corrected chi connectivity index (χ4v) is 3.64. The number of hydrogen-bond acceptors (Lipinski definition) is 3. The molecule has 0 aliphatic heterocycles. The summed E-state index contributed by atoms with van der Waals surface area (Å²) in [6.07, 6.45) is 0. The lowest BCUT2D eigenvalue weighted by molar-refractivity contribution is 0.101. The third kappa shape index (κ3) is 3.84. The zero-order valence-corrected chi connectivity index (χ0v) is 14.1. The summed E-state index contributed by atoms with van der Waals surface area (Å²) >= 11 is 9.06. The molecule has 110 valence electrons. The first-order chi connectivity index (χ1) is 9.79. The quantitative estimate of drug-likeness (QED) is 0.802. The zero-order chi connectivity index (χ0) is 15.6. The molecular formula is C14H11BrClNO3S. The largest absolute Gasteiger partial charge is 0.295 e. The van der Waals surface area contributed by atoms with Gasteiger partial charge in [-0.15, -0.1) is 0 Å². The van der Waals surface area contributed by atoms with Crippen molar-refractivity contribution in [2.75, 3.05) is 4.72 Å². The summed E-state index contributed by atoms with van der Waals surface area (Å²) < 4.78 is 27.5. The van der Waals surface area contributed by atoms with Crippen molar-refractivity contribution in [1.82, 2.24) is 0 Å². The fraction of sp³-hybridized carbons (Fsp3) is 0.0714. The van der Waals surface area contributed by atoms with Crippen LogP contribution in [0.4, 0.5) is 5.69 Å². The van der Waals surface area contributed by atoms with E-state index in [1.807, 2.05) is 0 Å². The van der Waals surface area contributed by atoms with E-state index in [2.05, 4.69) is 20.7 Å². The molecule has 0 aromatic heterocycles. The van der Waals surface area contributed by atoms with Crippen LogP contribution < -0.4 is 4.72 Å². The minimum absolute atomic E-state index is 0.0781. The zero-order valence-electron chi connectivity index (χ0n) is 10.9. The molecular weight excluding hydrogens is 378 g/mol. The number of Topliss-reactive ketones (excluding diaryl/α,β-unsaturated/α-hetero) is 1. The predicted octanol–water partition coefficient (Wildman–Crippen LogP) is 4.11. The summed E-state index contributed by atoms with van der Waals surface area (Å²) in [5.74, 6) is -0.118. The van der Waals surface area contributed by atoms with Crippen molar-refractivity contribution >= 4 is 49.0 Å². The summed E-state index contributed by atoms with van der Waals surface area (Å²) in [4.78, 5) is 11.3. The van der Waals surface area contributed by atoms with Crippen molar-refractivity contribution < 1.29 is 13.2 Å². The lowest BCUT2D eigenvalue weighted by Gasteiger charge is -2.10. The number of sulfonamides is 1. The monoisotopic (exact) mass is 387 g/mol. The SMILES string of the molecule is CC(=O)c1ccc(S(=O)(=O)Nc2ccc(Cl)cc2Br)cc1. The Morgan fingerprint density at radius 1 is 1.14 bits per heavy atom. The van der Waals surface area contributed by atoms with Crippen molar-refractivity contribution in [1.29, 1.82) is 0 Å². The lowest BCUT2D eigenvalue weighted by atomic mass is 10.2. The number of hydrogen-bond donors (Lipinski definition) is 1. The highest BCUT2D eigenvalue weighted by molar-refractivity contribution is 9.10. The third-order valence-electron chi connectivity index (χ3n) is 2.75. The topological polar surface area (TPSA) is 63.2 Å². The molecule has 1 N–H and O–H groups in total. The minimum Gasteiger partial charge on any atom is -0.295 e. The summed E-state index contributed by atoms with van der Waals surface area (Å²) in [5, 5.41) is 0.496. The van der Waals surface area contributed by atoms with Crippen LogP contribution in [-0.4, -0.2) is 14.2 Å². The fourth-order valence-electron chi connectivity index (χ4n) is 1.64. The maximum Gasteiger partial charge on any atom is 0.261 e.